The van der Waals surface area contributed by atoms with Gasteiger partial charge in [-0.1, -0.05) is 68.8 Å². The van der Waals surface area contributed by atoms with E-state index in [4.69, 9.17) is 17.3 Å². The van der Waals surface area contributed by atoms with E-state index in [1.54, 1.807) is 11.3 Å². The smallest absolute Gasteiger partial charge is 0.246 e. The van der Waals surface area contributed by atoms with Gasteiger partial charge in [0.1, 0.15) is 29.9 Å². The zero-order valence-electron chi connectivity index (χ0n) is 41.5. The number of hydrogen-bond acceptors (Lipinski definition) is 13. The van der Waals surface area contributed by atoms with Gasteiger partial charge in [0.25, 0.3) is 0 Å². The number of amides is 5. The van der Waals surface area contributed by atoms with E-state index >= 15 is 0 Å². The lowest BCUT2D eigenvalue weighted by molar-refractivity contribution is -0.144. The molecule has 3 aromatic heterocycles. The summed E-state index contributed by atoms with van der Waals surface area (Å²) in [5, 5.41) is 21.3. The first-order chi connectivity index (χ1) is 34.5. The molecule has 18 nitrogen and oxygen atoms in total. The van der Waals surface area contributed by atoms with Crippen LogP contribution in [0.5, 0.6) is 0 Å². The summed E-state index contributed by atoms with van der Waals surface area (Å²) in [7, 11) is 0. The summed E-state index contributed by atoms with van der Waals surface area (Å²) >= 11 is 7.82. The van der Waals surface area contributed by atoms with Gasteiger partial charge < -0.3 is 46.5 Å². The molecular weight excluding hydrogens is 956 g/mol. The average Bonchev–Trinajstić information content (AvgIpc) is 4.14. The van der Waals surface area contributed by atoms with Gasteiger partial charge >= 0.3 is 0 Å². The highest BCUT2D eigenvalue weighted by Crippen LogP contribution is 2.31. The van der Waals surface area contributed by atoms with Crippen LogP contribution >= 0.6 is 22.9 Å². The molecule has 2 aromatic carbocycles. The van der Waals surface area contributed by atoms with Gasteiger partial charge in [-0.2, -0.15) is 0 Å². The number of β-amino-alcohol motifs (C(OH)–C–C–N with tert-alkyl or cyclic N) is 1. The third kappa shape index (κ3) is 12.6. The fraction of sp³-hybridized carbons (Fsp3) is 0.500. The van der Waals surface area contributed by atoms with E-state index in [0.29, 0.717) is 76.5 Å². The topological polar surface area (TPSA) is 235 Å². The number of fused-ring (bicyclic) bond motifs is 1. The largest absolute Gasteiger partial charge is 0.391 e. The van der Waals surface area contributed by atoms with E-state index in [1.165, 1.54) is 11.2 Å². The van der Waals surface area contributed by atoms with E-state index < -0.39 is 35.0 Å². The molecule has 4 atom stereocenters. The van der Waals surface area contributed by atoms with Crippen LogP contribution in [0, 0.1) is 12.3 Å². The SMILES string of the molecule is Cc1ncsc1-c1ccc(CNC(=O)[C@@H]2C[C@@H](O)CN2C(=O)C(NC(=O)CCCC(=O)N2CCN(CCC(NC(=O)C3(N)CCN(c4ncnc5[nH]ccc45)CC3)c3ccc(Cl)cc3)CC2)C(C)(C)C)cc1. The molecule has 3 aliphatic heterocycles. The first-order valence-electron chi connectivity index (χ1n) is 24.9. The molecular formula is C52H67ClN12O6S. The van der Waals surface area contributed by atoms with Gasteiger partial charge in [-0.3, -0.25) is 28.9 Å². The molecule has 8 rings (SSSR count). The highest BCUT2D eigenvalue weighted by atomic mass is 35.5. The van der Waals surface area contributed by atoms with Crippen molar-refractivity contribution in [3.63, 3.8) is 0 Å². The maximum atomic E-state index is 14.1. The number of rotatable bonds is 17. The number of nitrogens with two attached hydrogens (primary N) is 1. The number of carbonyl (C=O) groups is 5. The molecule has 7 N–H and O–H groups in total. The van der Waals surface area contributed by atoms with Crippen molar-refractivity contribution in [2.45, 2.75) is 109 Å². The number of aromatic nitrogens is 4. The van der Waals surface area contributed by atoms with Gasteiger partial charge in [-0.05, 0) is 72.9 Å². The van der Waals surface area contributed by atoms with Gasteiger partial charge in [0.15, 0.2) is 0 Å². The Labute approximate surface area is 429 Å². The van der Waals surface area contributed by atoms with Crippen molar-refractivity contribution in [2.24, 2.45) is 11.1 Å². The van der Waals surface area contributed by atoms with Crippen molar-refractivity contribution in [3.8, 4) is 10.4 Å². The number of aryl methyl sites for hydroxylation is 1. The molecule has 3 fully saturated rings. The Hall–Kier alpha value is -5.99. The summed E-state index contributed by atoms with van der Waals surface area (Å²) in [6, 6.07) is 15.1. The van der Waals surface area contributed by atoms with Crippen LogP contribution in [0.2, 0.25) is 5.02 Å². The lowest BCUT2D eigenvalue weighted by Crippen LogP contribution is -2.60. The van der Waals surface area contributed by atoms with Crippen molar-refractivity contribution < 1.29 is 29.1 Å². The first-order valence-corrected chi connectivity index (χ1v) is 26.1. The minimum Gasteiger partial charge on any atom is -0.391 e. The van der Waals surface area contributed by atoms with E-state index in [9.17, 15) is 29.1 Å². The zero-order chi connectivity index (χ0) is 51.2. The molecule has 0 bridgehead atoms. The molecule has 72 heavy (non-hydrogen) atoms. The fourth-order valence-corrected chi connectivity index (χ4v) is 10.8. The number of carbonyl (C=O) groups excluding carboxylic acids is 5. The summed E-state index contributed by atoms with van der Waals surface area (Å²) in [6.45, 7) is 11.9. The highest BCUT2D eigenvalue weighted by molar-refractivity contribution is 7.13. The number of aromatic amines is 1. The minimum atomic E-state index is -1.05. The molecule has 6 heterocycles. The molecule has 0 saturated carbocycles. The van der Waals surface area contributed by atoms with Gasteiger partial charge in [-0.15, -0.1) is 11.3 Å². The molecule has 0 spiro atoms. The maximum absolute atomic E-state index is 14.1. The van der Waals surface area contributed by atoms with Gasteiger partial charge in [-0.25, -0.2) is 15.0 Å². The number of hydrogen-bond donors (Lipinski definition) is 6. The summed E-state index contributed by atoms with van der Waals surface area (Å²) in [6.07, 6.45) is 4.63. The Kier molecular flexibility index (Phi) is 16.6. The summed E-state index contributed by atoms with van der Waals surface area (Å²) in [4.78, 5) is 93.4. The maximum Gasteiger partial charge on any atom is 0.246 e. The highest BCUT2D eigenvalue weighted by Gasteiger charge is 2.45. The van der Waals surface area contributed by atoms with E-state index in [-0.39, 0.29) is 62.0 Å². The second kappa shape index (κ2) is 22.8. The van der Waals surface area contributed by atoms with Crippen LogP contribution in [0.25, 0.3) is 21.5 Å². The molecule has 0 aliphatic carbocycles. The second-order valence-electron chi connectivity index (χ2n) is 20.5. The van der Waals surface area contributed by atoms with Crippen LogP contribution in [0.1, 0.15) is 88.6 Å². The van der Waals surface area contributed by atoms with E-state index in [1.807, 2.05) is 98.9 Å². The number of thiazole rings is 1. The van der Waals surface area contributed by atoms with Crippen molar-refractivity contribution in [2.75, 3.05) is 57.3 Å². The Morgan fingerprint density at radius 1 is 0.931 bits per heavy atom. The number of nitrogens with one attached hydrogen (secondary N) is 4. The molecule has 384 valence electrons. The third-order valence-electron chi connectivity index (χ3n) is 14.3. The number of nitrogens with zero attached hydrogens (tertiary/aromatic N) is 7. The second-order valence-corrected chi connectivity index (χ2v) is 21.8. The molecule has 5 amide bonds. The van der Waals surface area contributed by atoms with Gasteiger partial charge in [0.2, 0.25) is 29.5 Å². The molecule has 3 aliphatic rings. The van der Waals surface area contributed by atoms with Crippen molar-refractivity contribution in [1.29, 1.82) is 0 Å². The summed E-state index contributed by atoms with van der Waals surface area (Å²) < 4.78 is 0. The quantitative estimate of drug-likeness (QED) is 0.0744. The fourth-order valence-electron chi connectivity index (χ4n) is 9.88. The van der Waals surface area contributed by atoms with E-state index in [0.717, 1.165) is 44.1 Å². The number of piperidine rings is 1. The normalized spacial score (nSPS) is 19.2. The molecule has 3 saturated heterocycles. The van der Waals surface area contributed by atoms with Gasteiger partial charge in [0.05, 0.1) is 39.2 Å². The molecule has 20 heteroatoms. The molecule has 5 aromatic rings. The monoisotopic (exact) mass is 1020 g/mol. The van der Waals surface area contributed by atoms with Crippen LogP contribution in [0.4, 0.5) is 5.82 Å². The Morgan fingerprint density at radius 3 is 2.33 bits per heavy atom. The number of benzene rings is 2. The Bertz CT molecular complexity index is 2690. The number of H-pyrrole nitrogens is 1. The predicted molar refractivity (Wildman–Crippen MR) is 278 cm³/mol. The van der Waals surface area contributed by atoms with E-state index in [2.05, 4.69) is 45.7 Å². The Morgan fingerprint density at radius 2 is 1.65 bits per heavy atom. The van der Waals surface area contributed by atoms with Crippen molar-refractivity contribution >= 4 is 69.3 Å². The van der Waals surface area contributed by atoms with Gasteiger partial charge in [0, 0.05) is 89.4 Å². The number of piperazine rings is 1. The number of likely N-dealkylation sites (tertiary alicyclic amines) is 1. The van der Waals surface area contributed by atoms with Crippen LogP contribution in [-0.4, -0.2) is 145 Å². The lowest BCUT2D eigenvalue weighted by Gasteiger charge is -2.39. The lowest BCUT2D eigenvalue weighted by atomic mass is 9.85. The van der Waals surface area contributed by atoms with Crippen LogP contribution in [0.3, 0.4) is 0 Å². The molecule has 0 radical (unpaired) electrons. The summed E-state index contributed by atoms with van der Waals surface area (Å²) in [5.74, 6) is -0.599. The van der Waals surface area contributed by atoms with Crippen molar-refractivity contribution in [3.05, 3.63) is 94.5 Å². The number of aliphatic hydroxyl groups is 1. The minimum absolute atomic E-state index is 0.0252. The number of anilines is 1. The number of halogens is 1. The average molecular weight is 1020 g/mol. The Balaban J connectivity index is 0.774. The van der Waals surface area contributed by atoms with Crippen molar-refractivity contribution in [1.82, 2.24) is 50.6 Å². The zero-order valence-corrected chi connectivity index (χ0v) is 43.1. The van der Waals surface area contributed by atoms with Crippen LogP contribution < -0.4 is 26.6 Å². The number of aliphatic hydroxyl groups excluding tert-OH is 1. The third-order valence-corrected chi connectivity index (χ3v) is 15.5. The molecule has 2 unspecified atom stereocenters. The summed E-state index contributed by atoms with van der Waals surface area (Å²) in [5.41, 5.74) is 11.5. The van der Waals surface area contributed by atoms with Crippen LogP contribution in [0.15, 0.2) is 72.6 Å². The first kappa shape index (κ1) is 52.3. The predicted octanol–water partition coefficient (Wildman–Crippen LogP) is 4.71. The van der Waals surface area contributed by atoms with Crippen LogP contribution in [-0.2, 0) is 30.5 Å². The standard InChI is InChI=1S/C52H67ClN12O6S/c1-33-44(72-32-59-33)36-10-8-34(9-11-36)29-56-48(69)41-28-38(66)30-65(41)49(70)45(51(2,3)4)61-42(67)6-5-7-43(68)63-26-24-62(25-27-63)21-17-40(35-12-14-37(53)15-13-35)60-50(71)52(54)18-22-64(23-19-52)47-39-16-20-55-46(39)57-31-58-47/h8-16,20,31-32,38,40-41,45,66H,5-7,17-19,21-30,54H2,1-4H3,(H,56,69)(H,60,71)(H,61,67)(H,55,57,58)/t38-,40?,41+,45?/m1/s1.